The maximum Gasteiger partial charge on any atom is 0.240 e. The molecule has 0 radical (unpaired) electrons. The lowest BCUT2D eigenvalue weighted by molar-refractivity contribution is 0.504. The van der Waals surface area contributed by atoms with Gasteiger partial charge in [0.15, 0.2) is 11.6 Å². The van der Waals surface area contributed by atoms with Crippen molar-refractivity contribution < 1.29 is 21.6 Å². The van der Waals surface area contributed by atoms with Gasteiger partial charge in [-0.2, -0.15) is 0 Å². The van der Waals surface area contributed by atoms with Gasteiger partial charge in [0.1, 0.15) is 5.82 Å². The van der Waals surface area contributed by atoms with Gasteiger partial charge in [0, 0.05) is 12.1 Å². The lowest BCUT2D eigenvalue weighted by Gasteiger charge is -2.07. The van der Waals surface area contributed by atoms with Crippen LogP contribution >= 0.6 is 0 Å². The number of rotatable bonds is 4. The van der Waals surface area contributed by atoms with E-state index in [0.29, 0.717) is 12.1 Å². The largest absolute Gasteiger partial charge is 0.240 e. The first-order valence-corrected chi connectivity index (χ1v) is 7.06. The van der Waals surface area contributed by atoms with Crippen LogP contribution in [-0.2, 0) is 16.6 Å². The smallest absolute Gasteiger partial charge is 0.207 e. The Morgan fingerprint density at radius 3 is 2.25 bits per heavy atom. The molecule has 0 aliphatic rings. The Kier molecular flexibility index (Phi) is 4.10. The van der Waals surface area contributed by atoms with Crippen LogP contribution in [0.5, 0.6) is 0 Å². The first kappa shape index (κ1) is 14.5. The van der Waals surface area contributed by atoms with E-state index in [1.165, 1.54) is 18.2 Å². The van der Waals surface area contributed by atoms with Crippen LogP contribution in [-0.4, -0.2) is 8.42 Å². The summed E-state index contributed by atoms with van der Waals surface area (Å²) in [6.45, 7) is -0.284. The zero-order valence-electron chi connectivity index (χ0n) is 10.1. The number of sulfonamides is 1. The Morgan fingerprint density at radius 1 is 0.900 bits per heavy atom. The van der Waals surface area contributed by atoms with Crippen molar-refractivity contribution >= 4 is 10.0 Å². The van der Waals surface area contributed by atoms with Crippen molar-refractivity contribution in [3.05, 3.63) is 65.5 Å². The monoisotopic (exact) mass is 301 g/mol. The summed E-state index contributed by atoms with van der Waals surface area (Å²) in [7, 11) is -4.04. The lowest BCUT2D eigenvalue weighted by atomic mass is 10.2. The van der Waals surface area contributed by atoms with Crippen molar-refractivity contribution in [2.24, 2.45) is 0 Å². The molecule has 3 nitrogen and oxygen atoms in total. The molecule has 0 saturated carbocycles. The van der Waals surface area contributed by atoms with Gasteiger partial charge in [0.05, 0.1) is 4.90 Å². The number of halogens is 3. The van der Waals surface area contributed by atoms with Gasteiger partial charge in [-0.1, -0.05) is 18.2 Å². The molecule has 0 bridgehead atoms. The second-order valence-electron chi connectivity index (χ2n) is 3.99. The standard InChI is InChI=1S/C13H10F3NO2S/c14-11-4-2-1-3-9(11)8-17-20(18,19)10-5-6-12(15)13(16)7-10/h1-7,17H,8H2. The number of hydrogen-bond donors (Lipinski definition) is 1. The summed E-state index contributed by atoms with van der Waals surface area (Å²) >= 11 is 0. The summed E-state index contributed by atoms with van der Waals surface area (Å²) in [5.74, 6) is -2.96. The van der Waals surface area contributed by atoms with Crippen LogP contribution in [0.1, 0.15) is 5.56 Å². The lowest BCUT2D eigenvalue weighted by Crippen LogP contribution is -2.24. The zero-order chi connectivity index (χ0) is 14.8. The summed E-state index contributed by atoms with van der Waals surface area (Å²) < 4.78 is 64.9. The Labute approximate surface area is 114 Å². The molecule has 0 atom stereocenters. The fourth-order valence-corrected chi connectivity index (χ4v) is 2.56. The third-order valence-corrected chi connectivity index (χ3v) is 4.01. The number of hydrogen-bond acceptors (Lipinski definition) is 2. The van der Waals surface area contributed by atoms with Gasteiger partial charge in [0.2, 0.25) is 10.0 Å². The zero-order valence-corrected chi connectivity index (χ0v) is 10.9. The summed E-state index contributed by atoms with van der Waals surface area (Å²) in [4.78, 5) is -0.423. The van der Waals surface area contributed by atoms with Crippen LogP contribution in [0.4, 0.5) is 13.2 Å². The van der Waals surface area contributed by atoms with E-state index in [4.69, 9.17) is 0 Å². The van der Waals surface area contributed by atoms with E-state index in [1.807, 2.05) is 0 Å². The average molecular weight is 301 g/mol. The highest BCUT2D eigenvalue weighted by Gasteiger charge is 2.16. The predicted octanol–water partition coefficient (Wildman–Crippen LogP) is 2.58. The SMILES string of the molecule is O=S(=O)(NCc1ccccc1F)c1ccc(F)c(F)c1. The molecule has 106 valence electrons. The van der Waals surface area contributed by atoms with Crippen LogP contribution in [0, 0.1) is 17.5 Å². The minimum absolute atomic E-state index is 0.152. The summed E-state index contributed by atoms with van der Waals surface area (Å²) in [6, 6.07) is 7.87. The molecule has 0 spiro atoms. The molecular weight excluding hydrogens is 291 g/mol. The van der Waals surface area contributed by atoms with Crippen LogP contribution in [0.2, 0.25) is 0 Å². The molecule has 0 aliphatic heterocycles. The van der Waals surface area contributed by atoms with Crippen LogP contribution in [0.3, 0.4) is 0 Å². The maximum atomic E-state index is 13.3. The van der Waals surface area contributed by atoms with Gasteiger partial charge in [0.25, 0.3) is 0 Å². The average Bonchev–Trinajstić information content (AvgIpc) is 2.41. The maximum absolute atomic E-state index is 13.3. The summed E-state index contributed by atoms with van der Waals surface area (Å²) in [6.07, 6.45) is 0. The second-order valence-corrected chi connectivity index (χ2v) is 5.76. The van der Waals surface area contributed by atoms with E-state index in [9.17, 15) is 21.6 Å². The van der Waals surface area contributed by atoms with Crippen LogP contribution in [0.25, 0.3) is 0 Å². The van der Waals surface area contributed by atoms with Gasteiger partial charge in [-0.3, -0.25) is 0 Å². The second kappa shape index (κ2) is 5.64. The summed E-state index contributed by atoms with van der Waals surface area (Å²) in [5.41, 5.74) is 0.152. The molecule has 20 heavy (non-hydrogen) atoms. The predicted molar refractivity (Wildman–Crippen MR) is 66.8 cm³/mol. The Morgan fingerprint density at radius 2 is 1.60 bits per heavy atom. The fraction of sp³-hybridized carbons (Fsp3) is 0.0769. The first-order valence-electron chi connectivity index (χ1n) is 5.58. The molecule has 0 unspecified atom stereocenters. The van der Waals surface area contributed by atoms with Crippen molar-refractivity contribution in [2.45, 2.75) is 11.4 Å². The molecule has 1 N–H and O–H groups in total. The Hall–Kier alpha value is -1.86. The molecule has 2 rings (SSSR count). The highest BCUT2D eigenvalue weighted by atomic mass is 32.2. The minimum atomic E-state index is -4.04. The van der Waals surface area contributed by atoms with Gasteiger partial charge in [-0.25, -0.2) is 26.3 Å². The topological polar surface area (TPSA) is 46.2 Å². The van der Waals surface area contributed by atoms with Gasteiger partial charge < -0.3 is 0 Å². The van der Waals surface area contributed by atoms with E-state index >= 15 is 0 Å². The van der Waals surface area contributed by atoms with Gasteiger partial charge in [-0.05, 0) is 24.3 Å². The van der Waals surface area contributed by atoms with Crippen molar-refractivity contribution in [3.63, 3.8) is 0 Å². The van der Waals surface area contributed by atoms with Crippen molar-refractivity contribution in [1.82, 2.24) is 4.72 Å². The van der Waals surface area contributed by atoms with Crippen LogP contribution in [0.15, 0.2) is 47.4 Å². The van der Waals surface area contributed by atoms with E-state index in [2.05, 4.69) is 4.72 Å². The number of nitrogens with one attached hydrogen (secondary N) is 1. The Bertz CT molecular complexity index is 732. The number of benzene rings is 2. The normalized spacial score (nSPS) is 11.6. The van der Waals surface area contributed by atoms with Crippen LogP contribution < -0.4 is 4.72 Å². The third-order valence-electron chi connectivity index (χ3n) is 2.61. The molecule has 2 aromatic rings. The molecule has 0 amide bonds. The van der Waals surface area contributed by atoms with Crippen molar-refractivity contribution in [1.29, 1.82) is 0 Å². The molecular formula is C13H10F3NO2S. The molecule has 0 aromatic heterocycles. The summed E-state index contributed by atoms with van der Waals surface area (Å²) in [5, 5.41) is 0. The molecule has 0 saturated heterocycles. The first-order chi connectivity index (χ1) is 9.40. The van der Waals surface area contributed by atoms with E-state index < -0.39 is 32.4 Å². The van der Waals surface area contributed by atoms with E-state index in [0.717, 1.165) is 6.07 Å². The third kappa shape index (κ3) is 3.17. The molecule has 7 heteroatoms. The molecule has 2 aromatic carbocycles. The highest BCUT2D eigenvalue weighted by Crippen LogP contribution is 2.14. The Balaban J connectivity index is 2.19. The molecule has 0 fully saturated rings. The quantitative estimate of drug-likeness (QED) is 0.943. The fourth-order valence-electron chi connectivity index (χ4n) is 1.54. The van der Waals surface area contributed by atoms with Crippen molar-refractivity contribution in [3.8, 4) is 0 Å². The molecule has 0 heterocycles. The van der Waals surface area contributed by atoms with Gasteiger partial charge >= 0.3 is 0 Å². The van der Waals surface area contributed by atoms with E-state index in [-0.39, 0.29) is 12.1 Å². The van der Waals surface area contributed by atoms with Gasteiger partial charge in [-0.15, -0.1) is 0 Å². The van der Waals surface area contributed by atoms with Crippen molar-refractivity contribution in [2.75, 3.05) is 0 Å². The molecule has 0 aliphatic carbocycles. The highest BCUT2D eigenvalue weighted by molar-refractivity contribution is 7.89. The minimum Gasteiger partial charge on any atom is -0.207 e. The van der Waals surface area contributed by atoms with E-state index in [1.54, 1.807) is 6.07 Å².